The smallest absolute Gasteiger partial charge is 0.0558 e. The predicted molar refractivity (Wildman–Crippen MR) is 59.2 cm³/mol. The summed E-state index contributed by atoms with van der Waals surface area (Å²) in [5.74, 6) is 0. The van der Waals surface area contributed by atoms with Crippen molar-refractivity contribution in [2.45, 2.75) is 51.1 Å². The molecule has 0 aromatic carbocycles. The fourth-order valence-corrected chi connectivity index (χ4v) is 2.55. The van der Waals surface area contributed by atoms with E-state index in [1.807, 2.05) is 0 Å². The molecule has 1 saturated carbocycles. The summed E-state index contributed by atoms with van der Waals surface area (Å²) in [6.45, 7) is 3.94. The first-order valence-corrected chi connectivity index (χ1v) is 5.90. The Morgan fingerprint density at radius 1 is 1.43 bits per heavy atom. The van der Waals surface area contributed by atoms with Crippen LogP contribution in [-0.2, 0) is 0 Å². The molecule has 0 bridgehead atoms. The minimum absolute atomic E-state index is 0.257. The number of hydrogen-bond donors (Lipinski definition) is 2. The molecule has 1 atom stereocenters. The van der Waals surface area contributed by atoms with Crippen LogP contribution in [0.3, 0.4) is 0 Å². The van der Waals surface area contributed by atoms with Crippen molar-refractivity contribution in [1.29, 1.82) is 0 Å². The lowest BCUT2D eigenvalue weighted by Crippen LogP contribution is -2.47. The van der Waals surface area contributed by atoms with Crippen LogP contribution in [0.25, 0.3) is 0 Å². The highest BCUT2D eigenvalue weighted by Crippen LogP contribution is 2.25. The monoisotopic (exact) mass is 200 g/mol. The summed E-state index contributed by atoms with van der Waals surface area (Å²) in [6, 6.07) is 1.14. The van der Waals surface area contributed by atoms with E-state index in [4.69, 9.17) is 10.8 Å². The van der Waals surface area contributed by atoms with Gasteiger partial charge in [0, 0.05) is 25.2 Å². The van der Waals surface area contributed by atoms with Crippen LogP contribution in [-0.4, -0.2) is 41.8 Å². The van der Waals surface area contributed by atoms with Crippen molar-refractivity contribution >= 4 is 0 Å². The van der Waals surface area contributed by atoms with Gasteiger partial charge in [0.05, 0.1) is 6.61 Å². The van der Waals surface area contributed by atoms with Gasteiger partial charge in [-0.2, -0.15) is 0 Å². The largest absolute Gasteiger partial charge is 0.395 e. The zero-order valence-electron chi connectivity index (χ0n) is 9.28. The van der Waals surface area contributed by atoms with Crippen molar-refractivity contribution in [3.8, 4) is 0 Å². The van der Waals surface area contributed by atoms with E-state index in [9.17, 15) is 0 Å². The standard InChI is InChI=1S/C11H24N2O/c1-2-10(9-12)13(7-8-14)11-5-3-4-6-11/h10-11,14H,2-9,12H2,1H3. The van der Waals surface area contributed by atoms with Gasteiger partial charge in [0.15, 0.2) is 0 Å². The van der Waals surface area contributed by atoms with E-state index in [1.165, 1.54) is 25.7 Å². The van der Waals surface area contributed by atoms with E-state index < -0.39 is 0 Å². The van der Waals surface area contributed by atoms with Gasteiger partial charge in [-0.15, -0.1) is 0 Å². The van der Waals surface area contributed by atoms with Crippen LogP contribution in [0.15, 0.2) is 0 Å². The molecule has 0 amide bonds. The summed E-state index contributed by atoms with van der Waals surface area (Å²) in [5.41, 5.74) is 5.76. The predicted octanol–water partition coefficient (Wildman–Crippen LogP) is 0.961. The summed E-state index contributed by atoms with van der Waals surface area (Å²) in [7, 11) is 0. The van der Waals surface area contributed by atoms with Gasteiger partial charge in [-0.25, -0.2) is 0 Å². The number of aliphatic hydroxyl groups excluding tert-OH is 1. The van der Waals surface area contributed by atoms with Crippen molar-refractivity contribution in [3.05, 3.63) is 0 Å². The molecule has 0 saturated heterocycles. The van der Waals surface area contributed by atoms with Gasteiger partial charge in [-0.05, 0) is 19.3 Å². The summed E-state index contributed by atoms with van der Waals surface area (Å²) in [4.78, 5) is 2.42. The van der Waals surface area contributed by atoms with Crippen molar-refractivity contribution in [2.24, 2.45) is 5.73 Å². The van der Waals surface area contributed by atoms with Gasteiger partial charge in [0.2, 0.25) is 0 Å². The highest BCUT2D eigenvalue weighted by Gasteiger charge is 2.26. The lowest BCUT2D eigenvalue weighted by atomic mass is 10.1. The molecule has 0 spiro atoms. The van der Waals surface area contributed by atoms with Gasteiger partial charge in [-0.1, -0.05) is 19.8 Å². The molecule has 84 valence electrons. The normalized spacial score (nSPS) is 20.6. The molecule has 1 fully saturated rings. The maximum absolute atomic E-state index is 9.05. The molecule has 14 heavy (non-hydrogen) atoms. The first kappa shape index (κ1) is 12.0. The Balaban J connectivity index is 2.51. The Morgan fingerprint density at radius 3 is 2.50 bits per heavy atom. The average Bonchev–Trinajstić information content (AvgIpc) is 2.71. The summed E-state index contributed by atoms with van der Waals surface area (Å²) in [6.07, 6.45) is 6.35. The van der Waals surface area contributed by atoms with Crippen LogP contribution in [0.1, 0.15) is 39.0 Å². The van der Waals surface area contributed by atoms with Crippen molar-refractivity contribution in [2.75, 3.05) is 19.7 Å². The van der Waals surface area contributed by atoms with Gasteiger partial charge >= 0.3 is 0 Å². The van der Waals surface area contributed by atoms with Gasteiger partial charge in [0.1, 0.15) is 0 Å². The van der Waals surface area contributed by atoms with E-state index in [2.05, 4.69) is 11.8 Å². The number of nitrogens with zero attached hydrogens (tertiary/aromatic N) is 1. The van der Waals surface area contributed by atoms with Crippen LogP contribution in [0.2, 0.25) is 0 Å². The van der Waals surface area contributed by atoms with Crippen LogP contribution in [0.5, 0.6) is 0 Å². The molecule has 3 nitrogen and oxygen atoms in total. The first-order valence-electron chi connectivity index (χ1n) is 5.90. The minimum atomic E-state index is 0.257. The average molecular weight is 200 g/mol. The maximum Gasteiger partial charge on any atom is 0.0558 e. The number of nitrogens with two attached hydrogens (primary N) is 1. The zero-order chi connectivity index (χ0) is 10.4. The van der Waals surface area contributed by atoms with E-state index in [0.29, 0.717) is 18.6 Å². The Bertz CT molecular complexity index is 140. The van der Waals surface area contributed by atoms with Crippen LogP contribution < -0.4 is 5.73 Å². The molecule has 1 rings (SSSR count). The second-order valence-corrected chi connectivity index (χ2v) is 4.20. The van der Waals surface area contributed by atoms with E-state index in [0.717, 1.165) is 13.0 Å². The van der Waals surface area contributed by atoms with Crippen molar-refractivity contribution in [3.63, 3.8) is 0 Å². The summed E-state index contributed by atoms with van der Waals surface area (Å²) in [5, 5.41) is 9.05. The molecule has 0 aliphatic heterocycles. The van der Waals surface area contributed by atoms with E-state index >= 15 is 0 Å². The van der Waals surface area contributed by atoms with Gasteiger partial charge in [-0.3, -0.25) is 4.90 Å². The molecule has 1 aliphatic carbocycles. The zero-order valence-corrected chi connectivity index (χ0v) is 9.28. The molecule has 1 unspecified atom stereocenters. The minimum Gasteiger partial charge on any atom is -0.395 e. The third kappa shape index (κ3) is 2.94. The van der Waals surface area contributed by atoms with E-state index in [-0.39, 0.29) is 6.61 Å². The molecule has 0 radical (unpaired) electrons. The third-order valence-electron chi connectivity index (χ3n) is 3.36. The second-order valence-electron chi connectivity index (χ2n) is 4.20. The third-order valence-corrected chi connectivity index (χ3v) is 3.36. The quantitative estimate of drug-likeness (QED) is 0.671. The highest BCUT2D eigenvalue weighted by molar-refractivity contribution is 4.82. The first-order chi connectivity index (χ1) is 6.83. The van der Waals surface area contributed by atoms with Crippen molar-refractivity contribution < 1.29 is 5.11 Å². The summed E-state index contributed by atoms with van der Waals surface area (Å²) < 4.78 is 0. The molecular weight excluding hydrogens is 176 g/mol. The molecule has 0 aromatic heterocycles. The summed E-state index contributed by atoms with van der Waals surface area (Å²) >= 11 is 0. The SMILES string of the molecule is CCC(CN)N(CCO)C1CCCC1. The van der Waals surface area contributed by atoms with E-state index in [1.54, 1.807) is 0 Å². The maximum atomic E-state index is 9.05. The molecule has 3 heteroatoms. The lowest BCUT2D eigenvalue weighted by Gasteiger charge is -2.34. The Morgan fingerprint density at radius 2 is 2.07 bits per heavy atom. The van der Waals surface area contributed by atoms with Crippen LogP contribution in [0.4, 0.5) is 0 Å². The van der Waals surface area contributed by atoms with Crippen LogP contribution >= 0.6 is 0 Å². The van der Waals surface area contributed by atoms with Gasteiger partial charge in [0.25, 0.3) is 0 Å². The Labute approximate surface area is 87.3 Å². The second kappa shape index (κ2) is 6.38. The molecule has 3 N–H and O–H groups in total. The fourth-order valence-electron chi connectivity index (χ4n) is 2.55. The molecule has 0 heterocycles. The lowest BCUT2D eigenvalue weighted by molar-refractivity contribution is 0.105. The van der Waals surface area contributed by atoms with Gasteiger partial charge < -0.3 is 10.8 Å². The molecule has 1 aliphatic rings. The highest BCUT2D eigenvalue weighted by atomic mass is 16.3. The molecule has 0 aromatic rings. The topological polar surface area (TPSA) is 49.5 Å². The fraction of sp³-hybridized carbons (Fsp3) is 1.00. The number of hydrogen-bond acceptors (Lipinski definition) is 3. The van der Waals surface area contributed by atoms with Crippen molar-refractivity contribution in [1.82, 2.24) is 4.90 Å². The Hall–Kier alpha value is -0.120. The van der Waals surface area contributed by atoms with Crippen LogP contribution in [0, 0.1) is 0 Å². The number of rotatable bonds is 6. The molecular formula is C11H24N2O. The Kier molecular flexibility index (Phi) is 5.45. The number of aliphatic hydroxyl groups is 1.